The first-order chi connectivity index (χ1) is 20.2. The lowest BCUT2D eigenvalue weighted by Gasteiger charge is -2.38. The minimum atomic E-state index is -0.972. The largest absolute Gasteiger partial charge is 0.462 e. The highest BCUT2D eigenvalue weighted by molar-refractivity contribution is 5.92. The Morgan fingerprint density at radius 1 is 1.14 bits per heavy atom. The molecule has 0 saturated carbocycles. The van der Waals surface area contributed by atoms with E-state index >= 15 is 0 Å². The number of ether oxygens (including phenoxy) is 1. The van der Waals surface area contributed by atoms with Crippen molar-refractivity contribution in [2.24, 2.45) is 0 Å². The van der Waals surface area contributed by atoms with Crippen molar-refractivity contribution in [3.8, 4) is 0 Å². The maximum Gasteiger partial charge on any atom is 0.338 e. The van der Waals surface area contributed by atoms with Gasteiger partial charge in [-0.1, -0.05) is 37.3 Å². The number of nitrogens with one attached hydrogen (secondary N) is 3. The molecule has 2 aliphatic heterocycles. The van der Waals surface area contributed by atoms with Gasteiger partial charge in [0.1, 0.15) is 18.1 Å². The van der Waals surface area contributed by atoms with Crippen molar-refractivity contribution >= 4 is 17.8 Å². The highest BCUT2D eigenvalue weighted by Gasteiger charge is 2.41. The number of benzene rings is 2. The Morgan fingerprint density at radius 3 is 2.67 bits per heavy atom. The van der Waals surface area contributed by atoms with Crippen molar-refractivity contribution in [1.82, 2.24) is 20.9 Å². The molecular weight excluding hydrogens is 539 g/mol. The number of esters is 1. The summed E-state index contributed by atoms with van der Waals surface area (Å²) in [6.45, 7) is 4.86. The van der Waals surface area contributed by atoms with Gasteiger partial charge < -0.3 is 25.4 Å². The van der Waals surface area contributed by atoms with Gasteiger partial charge in [0.15, 0.2) is 0 Å². The summed E-state index contributed by atoms with van der Waals surface area (Å²) in [4.78, 5) is 41.3. The van der Waals surface area contributed by atoms with Crippen LogP contribution in [0.2, 0.25) is 0 Å². The average Bonchev–Trinajstić information content (AvgIpc) is 3.49. The summed E-state index contributed by atoms with van der Waals surface area (Å²) in [5.41, 5.74) is 0.146. The molecule has 2 heterocycles. The van der Waals surface area contributed by atoms with Crippen molar-refractivity contribution in [3.05, 3.63) is 71.5 Å². The van der Waals surface area contributed by atoms with E-state index in [-0.39, 0.29) is 36.9 Å². The van der Waals surface area contributed by atoms with E-state index in [1.807, 2.05) is 13.0 Å². The van der Waals surface area contributed by atoms with Crippen molar-refractivity contribution in [2.45, 2.75) is 88.7 Å². The molecule has 5 atom stereocenters. The fourth-order valence-electron chi connectivity index (χ4n) is 5.64. The number of halogens is 1. The maximum absolute atomic E-state index is 13.9. The molecule has 2 saturated heterocycles. The second kappa shape index (κ2) is 14.7. The van der Waals surface area contributed by atoms with Gasteiger partial charge in [-0.2, -0.15) is 0 Å². The zero-order valence-electron chi connectivity index (χ0n) is 24.5. The number of aliphatic hydroxyl groups excluding tert-OH is 1. The van der Waals surface area contributed by atoms with Crippen LogP contribution in [0.4, 0.5) is 4.39 Å². The number of hydrogen-bond donors (Lipinski definition) is 4. The van der Waals surface area contributed by atoms with Crippen LogP contribution in [0.15, 0.2) is 54.6 Å². The third kappa shape index (κ3) is 8.14. The number of amides is 2. The first-order valence-electron chi connectivity index (χ1n) is 15.0. The number of fused-ring (bicyclic) bond motifs is 1. The van der Waals surface area contributed by atoms with Crippen LogP contribution in [0.25, 0.3) is 0 Å². The molecule has 4 rings (SSSR count). The third-order valence-electron chi connectivity index (χ3n) is 8.42. The average molecular weight is 583 g/mol. The van der Waals surface area contributed by atoms with Crippen LogP contribution in [0, 0.1) is 5.82 Å². The van der Waals surface area contributed by atoms with Crippen LogP contribution in [0.1, 0.15) is 68.3 Å². The fraction of sp³-hybridized carbons (Fsp3) is 0.531. The summed E-state index contributed by atoms with van der Waals surface area (Å²) < 4.78 is 19.3. The van der Waals surface area contributed by atoms with Gasteiger partial charge in [0, 0.05) is 25.6 Å². The van der Waals surface area contributed by atoms with Crippen LogP contribution in [-0.2, 0) is 20.7 Å². The summed E-state index contributed by atoms with van der Waals surface area (Å²) in [6, 6.07) is 13.4. The summed E-state index contributed by atoms with van der Waals surface area (Å²) >= 11 is 0. The molecule has 2 aliphatic rings. The van der Waals surface area contributed by atoms with E-state index in [1.54, 1.807) is 48.2 Å². The predicted octanol–water partition coefficient (Wildman–Crippen LogP) is 2.92. The lowest BCUT2D eigenvalue weighted by Crippen LogP contribution is -2.64. The smallest absolute Gasteiger partial charge is 0.338 e. The summed E-state index contributed by atoms with van der Waals surface area (Å²) in [5.74, 6) is -1.35. The normalized spacial score (nSPS) is 27.0. The number of nitrogens with zero attached hydrogens (tertiary/aromatic N) is 1. The molecule has 0 aliphatic carbocycles. The van der Waals surface area contributed by atoms with Crippen LogP contribution >= 0.6 is 0 Å². The van der Waals surface area contributed by atoms with E-state index in [9.17, 15) is 23.9 Å². The van der Waals surface area contributed by atoms with E-state index in [2.05, 4.69) is 16.0 Å². The molecule has 4 N–H and O–H groups in total. The highest BCUT2D eigenvalue weighted by atomic mass is 19.1. The molecule has 2 amide bonds. The Hall–Kier alpha value is -3.34. The van der Waals surface area contributed by atoms with E-state index < -0.39 is 29.7 Å². The Morgan fingerprint density at radius 2 is 1.93 bits per heavy atom. The van der Waals surface area contributed by atoms with Crippen LogP contribution in [0.5, 0.6) is 0 Å². The highest BCUT2D eigenvalue weighted by Crippen LogP contribution is 2.23. The molecule has 1 unspecified atom stereocenters. The lowest BCUT2D eigenvalue weighted by atomic mass is 9.94. The van der Waals surface area contributed by atoms with Crippen molar-refractivity contribution < 1.29 is 28.6 Å². The third-order valence-corrected chi connectivity index (χ3v) is 8.42. The quantitative estimate of drug-likeness (QED) is 0.265. The molecule has 2 fully saturated rings. The van der Waals surface area contributed by atoms with E-state index in [1.165, 1.54) is 12.1 Å². The molecular formula is C32H43FN4O5. The van der Waals surface area contributed by atoms with Crippen LogP contribution in [-0.4, -0.2) is 77.4 Å². The van der Waals surface area contributed by atoms with E-state index in [0.717, 1.165) is 12.8 Å². The van der Waals surface area contributed by atoms with Gasteiger partial charge >= 0.3 is 5.97 Å². The van der Waals surface area contributed by atoms with Gasteiger partial charge in [0.25, 0.3) is 0 Å². The molecule has 2 aromatic rings. The first-order valence-corrected chi connectivity index (χ1v) is 15.0. The van der Waals surface area contributed by atoms with Gasteiger partial charge in [-0.15, -0.1) is 0 Å². The lowest BCUT2D eigenvalue weighted by molar-refractivity contribution is -0.141. The molecule has 228 valence electrons. The molecule has 10 heteroatoms. The number of aliphatic hydroxyl groups is 1. The topological polar surface area (TPSA) is 120 Å². The number of carbonyl (C=O) groups is 3. The maximum atomic E-state index is 13.9. The van der Waals surface area contributed by atoms with Crippen molar-refractivity contribution in [2.75, 3.05) is 19.7 Å². The molecule has 0 radical (unpaired) electrons. The van der Waals surface area contributed by atoms with Gasteiger partial charge in [-0.3, -0.25) is 14.9 Å². The zero-order chi connectivity index (χ0) is 30.1. The van der Waals surface area contributed by atoms with Crippen molar-refractivity contribution in [1.29, 1.82) is 0 Å². The molecule has 2 aromatic carbocycles. The molecule has 9 nitrogen and oxygen atoms in total. The van der Waals surface area contributed by atoms with Gasteiger partial charge in [0.05, 0.1) is 23.8 Å². The predicted molar refractivity (Wildman–Crippen MR) is 157 cm³/mol. The Balaban J connectivity index is 1.44. The minimum absolute atomic E-state index is 0.145. The fourth-order valence-corrected chi connectivity index (χ4v) is 5.64. The van der Waals surface area contributed by atoms with Crippen LogP contribution < -0.4 is 16.0 Å². The summed E-state index contributed by atoms with van der Waals surface area (Å²) in [7, 11) is 0. The zero-order valence-corrected chi connectivity index (χ0v) is 24.5. The first kappa shape index (κ1) is 31.6. The van der Waals surface area contributed by atoms with E-state index in [0.29, 0.717) is 49.9 Å². The second-order valence-corrected chi connectivity index (χ2v) is 11.5. The van der Waals surface area contributed by atoms with E-state index in [4.69, 9.17) is 4.74 Å². The molecule has 0 spiro atoms. The summed E-state index contributed by atoms with van der Waals surface area (Å²) in [6.07, 6.45) is 3.05. The monoisotopic (exact) mass is 582 g/mol. The van der Waals surface area contributed by atoms with Gasteiger partial charge in [-0.05, 0) is 75.3 Å². The Labute approximate surface area is 247 Å². The number of rotatable bonds is 9. The van der Waals surface area contributed by atoms with Crippen molar-refractivity contribution in [3.63, 3.8) is 0 Å². The molecule has 42 heavy (non-hydrogen) atoms. The number of hydrogen-bond acceptors (Lipinski definition) is 7. The standard InChI is InChI=1S/C32H43FN4O5/c1-3-32(2)31(41)36-26(20-22-11-9-14-24(33)19-22)29(39)37-17-10-16-27(37)28(38)35-25(21-34-32)15-7-8-18-42-30(40)23-12-5-4-6-13-23/h4-6,9,11-14,19,25-28,34-35,38H,3,7-8,10,15-18,20-21H2,1-2H3,(H,36,41)/t25-,26-,27+,28?,32-/m0/s1. The molecule has 0 bridgehead atoms. The summed E-state index contributed by atoms with van der Waals surface area (Å²) in [5, 5.41) is 20.9. The Kier molecular flexibility index (Phi) is 11.1. The van der Waals surface area contributed by atoms with Gasteiger partial charge in [0.2, 0.25) is 11.8 Å². The van der Waals surface area contributed by atoms with Gasteiger partial charge in [-0.25, -0.2) is 9.18 Å². The second-order valence-electron chi connectivity index (χ2n) is 11.5. The number of carbonyl (C=O) groups excluding carboxylic acids is 3. The number of unbranched alkanes of at least 4 members (excludes halogenated alkanes) is 1. The minimum Gasteiger partial charge on any atom is -0.462 e. The SMILES string of the molecule is CC[C@]1(C)NC[C@H](CCCCOC(=O)c2ccccc2)NC(O)[C@H]2CCCN2C(=O)[C@H](Cc2cccc(F)c2)NC1=O. The van der Waals surface area contributed by atoms with Crippen LogP contribution in [0.3, 0.4) is 0 Å². The molecule has 0 aromatic heterocycles. The Bertz CT molecular complexity index is 1210.